The maximum Gasteiger partial charge on any atom is 0.0291 e. The van der Waals surface area contributed by atoms with Crippen molar-refractivity contribution in [1.29, 1.82) is 0 Å². The zero-order valence-corrected chi connectivity index (χ0v) is 16.6. The Morgan fingerprint density at radius 3 is 1.65 bits per heavy atom. The molecular weight excluding hydrogens is 333 g/mol. The van der Waals surface area contributed by atoms with Gasteiger partial charge in [0.25, 0.3) is 0 Å². The molecule has 0 radical (unpaired) electrons. The smallest absolute Gasteiger partial charge is 0.0291 e. The highest BCUT2D eigenvalue weighted by molar-refractivity contribution is 7.73. The molecule has 134 valence electrons. The predicted molar refractivity (Wildman–Crippen MR) is 116 cm³/mol. The van der Waals surface area contributed by atoms with Gasteiger partial charge in [0.05, 0.1) is 0 Å². The van der Waals surface area contributed by atoms with Crippen molar-refractivity contribution in [3.05, 3.63) is 96.6 Å². The van der Waals surface area contributed by atoms with Crippen LogP contribution in [0.25, 0.3) is 0 Å². The minimum Gasteiger partial charge on any atom is -0.310 e. The first kappa shape index (κ1) is 18.8. The van der Waals surface area contributed by atoms with E-state index in [1.54, 1.807) is 0 Å². The summed E-state index contributed by atoms with van der Waals surface area (Å²) in [6.45, 7) is 5.69. The summed E-state index contributed by atoms with van der Waals surface area (Å²) in [7, 11) is -0.337. The molecule has 1 N–H and O–H groups in total. The SMILES string of the molecule is C[C@@H](NCC[C@H](C)P(c1ccccc1)c1ccccc1)c1ccccc1. The summed E-state index contributed by atoms with van der Waals surface area (Å²) in [4.78, 5) is 0. The van der Waals surface area contributed by atoms with E-state index in [1.165, 1.54) is 22.6 Å². The fourth-order valence-electron chi connectivity index (χ4n) is 3.33. The lowest BCUT2D eigenvalue weighted by molar-refractivity contribution is 0.557. The molecule has 2 heteroatoms. The van der Waals surface area contributed by atoms with Gasteiger partial charge in [0, 0.05) is 6.04 Å². The number of hydrogen-bond donors (Lipinski definition) is 1. The quantitative estimate of drug-likeness (QED) is 0.541. The largest absolute Gasteiger partial charge is 0.310 e. The lowest BCUT2D eigenvalue weighted by atomic mass is 10.1. The van der Waals surface area contributed by atoms with Gasteiger partial charge in [-0.1, -0.05) is 97.9 Å². The molecule has 26 heavy (non-hydrogen) atoms. The number of hydrogen-bond acceptors (Lipinski definition) is 1. The summed E-state index contributed by atoms with van der Waals surface area (Å²) < 4.78 is 0. The lowest BCUT2D eigenvalue weighted by Crippen LogP contribution is -2.26. The van der Waals surface area contributed by atoms with Crippen molar-refractivity contribution in [3.8, 4) is 0 Å². The standard InChI is InChI=1S/C24H28NP/c1-20(18-19-25-21(2)22-12-6-3-7-13-22)26(23-14-8-4-9-15-23)24-16-10-5-11-17-24/h3-17,20-21,25H,18-19H2,1-2H3/t20-,21+/m0/s1. The molecule has 0 aromatic heterocycles. The molecule has 0 amide bonds. The highest BCUT2D eigenvalue weighted by Crippen LogP contribution is 2.40. The Kier molecular flexibility index (Phi) is 7.00. The Morgan fingerprint density at radius 1 is 0.692 bits per heavy atom. The summed E-state index contributed by atoms with van der Waals surface area (Å²) in [5.41, 5.74) is 1.99. The maximum absolute atomic E-state index is 3.70. The van der Waals surface area contributed by atoms with Gasteiger partial charge in [0.2, 0.25) is 0 Å². The fourth-order valence-corrected chi connectivity index (χ4v) is 6.02. The van der Waals surface area contributed by atoms with Crippen LogP contribution in [0.15, 0.2) is 91.0 Å². The van der Waals surface area contributed by atoms with E-state index >= 15 is 0 Å². The monoisotopic (exact) mass is 361 g/mol. The van der Waals surface area contributed by atoms with Gasteiger partial charge in [-0.15, -0.1) is 0 Å². The summed E-state index contributed by atoms with van der Waals surface area (Å²) in [6, 6.07) is 33.1. The second-order valence-corrected chi connectivity index (χ2v) is 9.42. The highest BCUT2D eigenvalue weighted by atomic mass is 31.1. The molecule has 0 saturated carbocycles. The Balaban J connectivity index is 1.66. The second-order valence-electron chi connectivity index (χ2n) is 6.77. The Hall–Kier alpha value is -1.95. The average molecular weight is 361 g/mol. The van der Waals surface area contributed by atoms with E-state index in [0.717, 1.165) is 6.54 Å². The minimum atomic E-state index is -0.337. The van der Waals surface area contributed by atoms with Gasteiger partial charge in [0.1, 0.15) is 0 Å². The first-order valence-electron chi connectivity index (χ1n) is 9.43. The number of benzene rings is 3. The van der Waals surface area contributed by atoms with Crippen LogP contribution in [-0.4, -0.2) is 12.2 Å². The Morgan fingerprint density at radius 2 is 1.15 bits per heavy atom. The topological polar surface area (TPSA) is 12.0 Å². The van der Waals surface area contributed by atoms with Crippen LogP contribution in [0.5, 0.6) is 0 Å². The molecule has 0 fully saturated rings. The maximum atomic E-state index is 3.70. The van der Waals surface area contributed by atoms with Crippen LogP contribution in [0.4, 0.5) is 0 Å². The third kappa shape index (κ3) is 5.04. The van der Waals surface area contributed by atoms with Crippen LogP contribution in [-0.2, 0) is 0 Å². The molecule has 0 unspecified atom stereocenters. The van der Waals surface area contributed by atoms with E-state index in [4.69, 9.17) is 0 Å². The molecule has 1 nitrogen and oxygen atoms in total. The fraction of sp³-hybridized carbons (Fsp3) is 0.250. The van der Waals surface area contributed by atoms with Gasteiger partial charge in [0.15, 0.2) is 0 Å². The Bertz CT molecular complexity index is 718. The molecule has 2 atom stereocenters. The molecule has 0 aliphatic heterocycles. The summed E-state index contributed by atoms with van der Waals surface area (Å²) in [5.74, 6) is 0. The average Bonchev–Trinajstić information content (AvgIpc) is 2.70. The van der Waals surface area contributed by atoms with Gasteiger partial charge in [-0.2, -0.15) is 0 Å². The number of nitrogens with one attached hydrogen (secondary N) is 1. The van der Waals surface area contributed by atoms with Crippen LogP contribution in [0.1, 0.15) is 31.9 Å². The molecule has 3 rings (SSSR count). The van der Waals surface area contributed by atoms with E-state index < -0.39 is 0 Å². The molecule has 0 bridgehead atoms. The first-order chi connectivity index (χ1) is 12.8. The van der Waals surface area contributed by atoms with Gasteiger partial charge >= 0.3 is 0 Å². The van der Waals surface area contributed by atoms with Crippen molar-refractivity contribution < 1.29 is 0 Å². The molecular formula is C24H28NP. The van der Waals surface area contributed by atoms with Crippen LogP contribution in [0, 0.1) is 0 Å². The van der Waals surface area contributed by atoms with Crippen molar-refractivity contribution in [2.45, 2.75) is 32.0 Å². The van der Waals surface area contributed by atoms with Crippen molar-refractivity contribution in [2.24, 2.45) is 0 Å². The predicted octanol–water partition coefficient (Wildman–Crippen LogP) is 5.25. The molecule has 0 aliphatic carbocycles. The highest BCUT2D eigenvalue weighted by Gasteiger charge is 2.20. The molecule has 0 aliphatic rings. The zero-order valence-electron chi connectivity index (χ0n) is 15.7. The zero-order chi connectivity index (χ0) is 18.2. The van der Waals surface area contributed by atoms with Crippen LogP contribution in [0.2, 0.25) is 0 Å². The molecule has 0 spiro atoms. The van der Waals surface area contributed by atoms with E-state index in [-0.39, 0.29) is 7.92 Å². The van der Waals surface area contributed by atoms with E-state index in [0.29, 0.717) is 11.7 Å². The molecule has 0 saturated heterocycles. The van der Waals surface area contributed by atoms with E-state index in [1.807, 2.05) is 0 Å². The van der Waals surface area contributed by atoms with Gasteiger partial charge in [-0.05, 0) is 49.6 Å². The van der Waals surface area contributed by atoms with Crippen LogP contribution >= 0.6 is 7.92 Å². The van der Waals surface area contributed by atoms with Gasteiger partial charge < -0.3 is 5.32 Å². The van der Waals surface area contributed by atoms with Crippen molar-refractivity contribution in [1.82, 2.24) is 5.32 Å². The van der Waals surface area contributed by atoms with Crippen molar-refractivity contribution in [3.63, 3.8) is 0 Å². The summed E-state index contributed by atoms with van der Waals surface area (Å²) >= 11 is 0. The Labute approximate surface area is 159 Å². The lowest BCUT2D eigenvalue weighted by Gasteiger charge is -2.26. The first-order valence-corrected chi connectivity index (χ1v) is 10.8. The number of rotatable bonds is 8. The third-order valence-corrected chi connectivity index (χ3v) is 7.67. The van der Waals surface area contributed by atoms with Crippen LogP contribution < -0.4 is 15.9 Å². The molecule has 3 aromatic carbocycles. The normalized spacial score (nSPS) is 13.5. The van der Waals surface area contributed by atoms with Crippen molar-refractivity contribution in [2.75, 3.05) is 6.54 Å². The third-order valence-electron chi connectivity index (χ3n) is 4.82. The second kappa shape index (κ2) is 9.67. The van der Waals surface area contributed by atoms with Crippen LogP contribution in [0.3, 0.4) is 0 Å². The summed E-state index contributed by atoms with van der Waals surface area (Å²) in [5, 5.41) is 6.64. The minimum absolute atomic E-state index is 0.337. The molecule has 0 heterocycles. The van der Waals surface area contributed by atoms with E-state index in [2.05, 4.69) is 110 Å². The van der Waals surface area contributed by atoms with Gasteiger partial charge in [-0.25, -0.2) is 0 Å². The van der Waals surface area contributed by atoms with E-state index in [9.17, 15) is 0 Å². The van der Waals surface area contributed by atoms with Gasteiger partial charge in [-0.3, -0.25) is 0 Å². The summed E-state index contributed by atoms with van der Waals surface area (Å²) in [6.07, 6.45) is 1.17. The molecule has 3 aromatic rings. The van der Waals surface area contributed by atoms with Crippen molar-refractivity contribution >= 4 is 18.5 Å².